The molecule has 2 aromatic rings. The molecule has 0 unspecified atom stereocenters. The maximum Gasteiger partial charge on any atom is 0.314 e. The lowest BCUT2D eigenvalue weighted by molar-refractivity contribution is -0.133. The van der Waals surface area contributed by atoms with Gasteiger partial charge < -0.3 is 10.6 Å². The molecule has 2 aromatic carbocycles. The Morgan fingerprint density at radius 2 is 1.64 bits per heavy atom. The molecule has 5 heteroatoms. The van der Waals surface area contributed by atoms with Crippen molar-refractivity contribution in [2.45, 2.75) is 20.3 Å². The monoisotopic (exact) mass is 360 g/mol. The van der Waals surface area contributed by atoms with Gasteiger partial charge in [0.25, 0.3) is 0 Å². The van der Waals surface area contributed by atoms with E-state index in [0.717, 1.165) is 16.5 Å². The normalized spacial score (nSPS) is 10.1. The molecule has 2 rings (SSSR count). The number of benzene rings is 2. The number of hydrogen-bond donors (Lipinski definition) is 2. The SMILES string of the molecule is CCc1ccc(NC(=O)C(=O)Nc2ccc(Br)cc2C)cc1. The summed E-state index contributed by atoms with van der Waals surface area (Å²) in [6.07, 6.45) is 0.928. The first-order valence-electron chi connectivity index (χ1n) is 6.97. The summed E-state index contributed by atoms with van der Waals surface area (Å²) in [6, 6.07) is 12.9. The minimum absolute atomic E-state index is 0.602. The highest BCUT2D eigenvalue weighted by molar-refractivity contribution is 9.10. The smallest absolute Gasteiger partial charge is 0.314 e. The Hall–Kier alpha value is -2.14. The quantitative estimate of drug-likeness (QED) is 0.815. The number of amides is 2. The van der Waals surface area contributed by atoms with Gasteiger partial charge in [-0.1, -0.05) is 35.0 Å². The van der Waals surface area contributed by atoms with Crippen LogP contribution in [0.5, 0.6) is 0 Å². The summed E-state index contributed by atoms with van der Waals surface area (Å²) in [6.45, 7) is 3.92. The molecule has 0 atom stereocenters. The van der Waals surface area contributed by atoms with Gasteiger partial charge in [0.2, 0.25) is 0 Å². The molecule has 0 bridgehead atoms. The Balaban J connectivity index is 2.01. The molecule has 0 fully saturated rings. The van der Waals surface area contributed by atoms with Crippen molar-refractivity contribution < 1.29 is 9.59 Å². The van der Waals surface area contributed by atoms with Crippen molar-refractivity contribution in [1.29, 1.82) is 0 Å². The van der Waals surface area contributed by atoms with E-state index < -0.39 is 11.8 Å². The van der Waals surface area contributed by atoms with Crippen LogP contribution in [0.1, 0.15) is 18.1 Å². The standard InChI is InChI=1S/C17H17BrN2O2/c1-3-12-4-7-14(8-5-12)19-16(21)17(22)20-15-9-6-13(18)10-11(15)2/h4-10H,3H2,1-2H3,(H,19,21)(H,20,22). The van der Waals surface area contributed by atoms with E-state index in [4.69, 9.17) is 0 Å². The van der Waals surface area contributed by atoms with Gasteiger partial charge in [0.15, 0.2) is 0 Å². The molecule has 0 aliphatic carbocycles. The van der Waals surface area contributed by atoms with Gasteiger partial charge in [0.05, 0.1) is 0 Å². The van der Waals surface area contributed by atoms with Crippen molar-refractivity contribution in [3.8, 4) is 0 Å². The molecule has 0 aliphatic rings. The fraction of sp³-hybridized carbons (Fsp3) is 0.176. The van der Waals surface area contributed by atoms with E-state index >= 15 is 0 Å². The summed E-state index contributed by atoms with van der Waals surface area (Å²) in [4.78, 5) is 23.9. The van der Waals surface area contributed by atoms with Crippen LogP contribution in [0.4, 0.5) is 11.4 Å². The fourth-order valence-corrected chi connectivity index (χ4v) is 2.43. The first kappa shape index (κ1) is 16.2. The zero-order valence-electron chi connectivity index (χ0n) is 12.4. The summed E-state index contributed by atoms with van der Waals surface area (Å²) in [7, 11) is 0. The molecule has 0 saturated heterocycles. The number of halogens is 1. The molecule has 22 heavy (non-hydrogen) atoms. The molecule has 0 spiro atoms. The minimum atomic E-state index is -0.690. The van der Waals surface area contributed by atoms with Crippen LogP contribution in [-0.4, -0.2) is 11.8 Å². The first-order valence-corrected chi connectivity index (χ1v) is 7.76. The molecular formula is C17H17BrN2O2. The molecular weight excluding hydrogens is 344 g/mol. The summed E-state index contributed by atoms with van der Waals surface area (Å²) >= 11 is 3.36. The third-order valence-corrected chi connectivity index (χ3v) is 3.76. The van der Waals surface area contributed by atoms with Crippen molar-refractivity contribution in [3.63, 3.8) is 0 Å². The van der Waals surface area contributed by atoms with E-state index in [2.05, 4.69) is 33.5 Å². The molecule has 0 aliphatic heterocycles. The number of aryl methyl sites for hydroxylation is 2. The van der Waals surface area contributed by atoms with E-state index in [1.165, 1.54) is 5.56 Å². The fourth-order valence-electron chi connectivity index (χ4n) is 1.96. The average molecular weight is 361 g/mol. The van der Waals surface area contributed by atoms with Gasteiger partial charge in [0.1, 0.15) is 0 Å². The summed E-state index contributed by atoms with van der Waals surface area (Å²) in [5.74, 6) is -1.38. The number of hydrogen-bond acceptors (Lipinski definition) is 2. The van der Waals surface area contributed by atoms with Crippen LogP contribution in [-0.2, 0) is 16.0 Å². The van der Waals surface area contributed by atoms with Crippen molar-refractivity contribution >= 4 is 39.1 Å². The molecule has 2 amide bonds. The molecule has 0 saturated carbocycles. The van der Waals surface area contributed by atoms with E-state index in [1.54, 1.807) is 18.2 Å². The number of carbonyl (C=O) groups is 2. The lowest BCUT2D eigenvalue weighted by Gasteiger charge is -2.09. The number of carbonyl (C=O) groups excluding carboxylic acids is 2. The molecule has 0 heterocycles. The predicted octanol–water partition coefficient (Wildman–Crippen LogP) is 3.90. The van der Waals surface area contributed by atoms with Crippen molar-refractivity contribution in [2.75, 3.05) is 10.6 Å². The van der Waals surface area contributed by atoms with Gasteiger partial charge in [0, 0.05) is 15.8 Å². The predicted molar refractivity (Wildman–Crippen MR) is 92.0 cm³/mol. The van der Waals surface area contributed by atoms with E-state index in [0.29, 0.717) is 11.4 Å². The lowest BCUT2D eigenvalue weighted by Crippen LogP contribution is -2.29. The Bertz CT molecular complexity index is 696. The van der Waals surface area contributed by atoms with Gasteiger partial charge in [-0.15, -0.1) is 0 Å². The van der Waals surface area contributed by atoms with Crippen LogP contribution in [0.2, 0.25) is 0 Å². The van der Waals surface area contributed by atoms with E-state index in [-0.39, 0.29) is 0 Å². The Labute approximate surface area is 138 Å². The molecule has 0 radical (unpaired) electrons. The van der Waals surface area contributed by atoms with Gasteiger partial charge >= 0.3 is 11.8 Å². The number of rotatable bonds is 3. The van der Waals surface area contributed by atoms with Crippen LogP contribution in [0, 0.1) is 6.92 Å². The van der Waals surface area contributed by atoms with Gasteiger partial charge in [-0.25, -0.2) is 0 Å². The third kappa shape index (κ3) is 4.18. The van der Waals surface area contributed by atoms with E-state index in [9.17, 15) is 9.59 Å². The van der Waals surface area contributed by atoms with Crippen LogP contribution in [0.3, 0.4) is 0 Å². The zero-order valence-corrected chi connectivity index (χ0v) is 14.0. The highest BCUT2D eigenvalue weighted by Gasteiger charge is 2.15. The van der Waals surface area contributed by atoms with Crippen molar-refractivity contribution in [2.24, 2.45) is 0 Å². The average Bonchev–Trinajstić information content (AvgIpc) is 2.50. The van der Waals surface area contributed by atoms with Crippen LogP contribution in [0.15, 0.2) is 46.9 Å². The minimum Gasteiger partial charge on any atom is -0.318 e. The first-order chi connectivity index (χ1) is 10.5. The maximum atomic E-state index is 11.9. The van der Waals surface area contributed by atoms with Gasteiger partial charge in [-0.3, -0.25) is 9.59 Å². The Kier molecular flexibility index (Phi) is 5.33. The van der Waals surface area contributed by atoms with Crippen LogP contribution in [0.25, 0.3) is 0 Å². The highest BCUT2D eigenvalue weighted by Crippen LogP contribution is 2.20. The summed E-state index contributed by atoms with van der Waals surface area (Å²) in [5.41, 5.74) is 3.27. The van der Waals surface area contributed by atoms with Crippen LogP contribution >= 0.6 is 15.9 Å². The van der Waals surface area contributed by atoms with Crippen molar-refractivity contribution in [1.82, 2.24) is 0 Å². The molecule has 4 nitrogen and oxygen atoms in total. The van der Waals surface area contributed by atoms with Gasteiger partial charge in [-0.05, 0) is 54.8 Å². The summed E-state index contributed by atoms with van der Waals surface area (Å²) < 4.78 is 0.920. The van der Waals surface area contributed by atoms with E-state index in [1.807, 2.05) is 31.2 Å². The number of nitrogens with one attached hydrogen (secondary N) is 2. The second-order valence-corrected chi connectivity index (χ2v) is 5.83. The van der Waals surface area contributed by atoms with Crippen molar-refractivity contribution in [3.05, 3.63) is 58.1 Å². The molecule has 114 valence electrons. The lowest BCUT2D eigenvalue weighted by atomic mass is 10.1. The van der Waals surface area contributed by atoms with Gasteiger partial charge in [-0.2, -0.15) is 0 Å². The second kappa shape index (κ2) is 7.22. The second-order valence-electron chi connectivity index (χ2n) is 4.92. The van der Waals surface area contributed by atoms with Crippen LogP contribution < -0.4 is 10.6 Å². The topological polar surface area (TPSA) is 58.2 Å². The Morgan fingerprint density at radius 3 is 2.23 bits per heavy atom. The Morgan fingerprint density at radius 1 is 1.00 bits per heavy atom. The molecule has 2 N–H and O–H groups in total. The summed E-state index contributed by atoms with van der Waals surface area (Å²) in [5, 5.41) is 5.19. The molecule has 0 aromatic heterocycles. The number of anilines is 2. The zero-order chi connectivity index (χ0) is 16.1. The largest absolute Gasteiger partial charge is 0.318 e. The highest BCUT2D eigenvalue weighted by atomic mass is 79.9. The maximum absolute atomic E-state index is 11.9. The third-order valence-electron chi connectivity index (χ3n) is 3.26.